The Labute approximate surface area is 78.4 Å². The standard InChI is InChI=1S/C9H16N2O2/c1-4-5-10-8(12)6-9(13)11-7(2)3/h4,7H,1,5-6H2,2-3H3,(H,10,12)(H,11,13). The quantitative estimate of drug-likeness (QED) is 0.474. The average Bonchev–Trinajstić information content (AvgIpc) is 1.98. The van der Waals surface area contributed by atoms with Crippen LogP contribution in [0.3, 0.4) is 0 Å². The topological polar surface area (TPSA) is 58.2 Å². The van der Waals surface area contributed by atoms with Gasteiger partial charge in [0, 0.05) is 12.6 Å². The fourth-order valence-electron chi connectivity index (χ4n) is 0.767. The molecule has 2 amide bonds. The van der Waals surface area contributed by atoms with Gasteiger partial charge in [0.2, 0.25) is 11.8 Å². The maximum absolute atomic E-state index is 11.0. The first kappa shape index (κ1) is 11.7. The van der Waals surface area contributed by atoms with E-state index in [4.69, 9.17) is 0 Å². The van der Waals surface area contributed by atoms with Crippen LogP contribution in [0.5, 0.6) is 0 Å². The number of nitrogens with one attached hydrogen (secondary N) is 2. The highest BCUT2D eigenvalue weighted by molar-refractivity contribution is 5.96. The van der Waals surface area contributed by atoms with E-state index in [1.807, 2.05) is 13.8 Å². The number of carbonyl (C=O) groups is 2. The molecule has 0 aliphatic carbocycles. The molecule has 2 N–H and O–H groups in total. The Morgan fingerprint density at radius 1 is 1.38 bits per heavy atom. The largest absolute Gasteiger partial charge is 0.353 e. The third-order valence-corrected chi connectivity index (χ3v) is 1.21. The van der Waals surface area contributed by atoms with Crippen molar-refractivity contribution in [1.82, 2.24) is 10.6 Å². The van der Waals surface area contributed by atoms with Crippen LogP contribution in [0.1, 0.15) is 20.3 Å². The highest BCUT2D eigenvalue weighted by Crippen LogP contribution is 1.83. The molecule has 0 saturated heterocycles. The second kappa shape index (κ2) is 6.22. The van der Waals surface area contributed by atoms with E-state index in [1.165, 1.54) is 0 Å². The van der Waals surface area contributed by atoms with Crippen LogP contribution in [0, 0.1) is 0 Å². The first-order valence-corrected chi connectivity index (χ1v) is 4.23. The van der Waals surface area contributed by atoms with Crippen LogP contribution < -0.4 is 10.6 Å². The lowest BCUT2D eigenvalue weighted by atomic mass is 10.3. The molecule has 0 aliphatic heterocycles. The van der Waals surface area contributed by atoms with Crippen molar-refractivity contribution in [3.63, 3.8) is 0 Å². The maximum Gasteiger partial charge on any atom is 0.229 e. The molecule has 0 aromatic heterocycles. The van der Waals surface area contributed by atoms with Gasteiger partial charge in [-0.3, -0.25) is 9.59 Å². The third-order valence-electron chi connectivity index (χ3n) is 1.21. The van der Waals surface area contributed by atoms with Gasteiger partial charge in [-0.1, -0.05) is 6.08 Å². The molecule has 0 radical (unpaired) electrons. The van der Waals surface area contributed by atoms with Crippen molar-refractivity contribution in [2.75, 3.05) is 6.54 Å². The predicted molar refractivity (Wildman–Crippen MR) is 51.1 cm³/mol. The predicted octanol–water partition coefficient (Wildman–Crippen LogP) is 0.203. The summed E-state index contributed by atoms with van der Waals surface area (Å²) < 4.78 is 0. The molecule has 4 heteroatoms. The van der Waals surface area contributed by atoms with Crippen LogP contribution in [0.2, 0.25) is 0 Å². The van der Waals surface area contributed by atoms with Crippen molar-refractivity contribution >= 4 is 11.8 Å². The summed E-state index contributed by atoms with van der Waals surface area (Å²) in [4.78, 5) is 22.0. The van der Waals surface area contributed by atoms with E-state index in [1.54, 1.807) is 6.08 Å². The van der Waals surface area contributed by atoms with E-state index in [-0.39, 0.29) is 24.3 Å². The Hall–Kier alpha value is -1.32. The number of hydrogen-bond donors (Lipinski definition) is 2. The van der Waals surface area contributed by atoms with Crippen LogP contribution >= 0.6 is 0 Å². The lowest BCUT2D eigenvalue weighted by molar-refractivity contribution is -0.129. The summed E-state index contributed by atoms with van der Waals surface area (Å²) in [7, 11) is 0. The van der Waals surface area contributed by atoms with Gasteiger partial charge in [0.15, 0.2) is 0 Å². The summed E-state index contributed by atoms with van der Waals surface area (Å²) in [6, 6.07) is 0.0692. The summed E-state index contributed by atoms with van der Waals surface area (Å²) in [5.41, 5.74) is 0. The minimum atomic E-state index is -0.280. The van der Waals surface area contributed by atoms with Gasteiger partial charge in [-0.15, -0.1) is 6.58 Å². The second-order valence-corrected chi connectivity index (χ2v) is 2.99. The first-order valence-electron chi connectivity index (χ1n) is 4.23. The van der Waals surface area contributed by atoms with E-state index < -0.39 is 0 Å². The Balaban J connectivity index is 3.65. The van der Waals surface area contributed by atoms with E-state index in [9.17, 15) is 9.59 Å². The van der Waals surface area contributed by atoms with Crippen LogP contribution in [-0.2, 0) is 9.59 Å². The summed E-state index contributed by atoms with van der Waals surface area (Å²) in [5, 5.41) is 5.14. The average molecular weight is 184 g/mol. The first-order chi connectivity index (χ1) is 6.06. The summed E-state index contributed by atoms with van der Waals surface area (Å²) in [6.45, 7) is 7.54. The SMILES string of the molecule is C=CCNC(=O)CC(=O)NC(C)C. The molecule has 0 atom stereocenters. The molecule has 0 heterocycles. The van der Waals surface area contributed by atoms with Gasteiger partial charge in [0.05, 0.1) is 0 Å². The van der Waals surface area contributed by atoms with Crippen LogP contribution in [0.25, 0.3) is 0 Å². The Morgan fingerprint density at radius 2 is 2.00 bits per heavy atom. The van der Waals surface area contributed by atoms with Gasteiger partial charge in [0.1, 0.15) is 6.42 Å². The lowest BCUT2D eigenvalue weighted by Gasteiger charge is -2.07. The zero-order chi connectivity index (χ0) is 10.3. The van der Waals surface area contributed by atoms with Crippen LogP contribution in [0.15, 0.2) is 12.7 Å². The molecule has 0 aliphatic rings. The van der Waals surface area contributed by atoms with Crippen molar-refractivity contribution < 1.29 is 9.59 Å². The molecule has 13 heavy (non-hydrogen) atoms. The molecule has 0 rings (SSSR count). The number of hydrogen-bond acceptors (Lipinski definition) is 2. The van der Waals surface area contributed by atoms with Crippen molar-refractivity contribution in [3.8, 4) is 0 Å². The maximum atomic E-state index is 11.0. The Kier molecular flexibility index (Phi) is 5.59. The molecule has 0 unspecified atom stereocenters. The molecule has 4 nitrogen and oxygen atoms in total. The van der Waals surface area contributed by atoms with Crippen molar-refractivity contribution in [3.05, 3.63) is 12.7 Å². The van der Waals surface area contributed by atoms with E-state index >= 15 is 0 Å². The smallest absolute Gasteiger partial charge is 0.229 e. The van der Waals surface area contributed by atoms with Gasteiger partial charge >= 0.3 is 0 Å². The fourth-order valence-corrected chi connectivity index (χ4v) is 0.767. The molecular weight excluding hydrogens is 168 g/mol. The highest BCUT2D eigenvalue weighted by Gasteiger charge is 2.08. The Bertz CT molecular complexity index is 200. The van der Waals surface area contributed by atoms with E-state index in [2.05, 4.69) is 17.2 Å². The van der Waals surface area contributed by atoms with E-state index in [0.29, 0.717) is 6.54 Å². The molecule has 0 spiro atoms. The molecule has 0 bridgehead atoms. The molecule has 0 saturated carbocycles. The van der Waals surface area contributed by atoms with Crippen LogP contribution in [0.4, 0.5) is 0 Å². The van der Waals surface area contributed by atoms with Gasteiger partial charge in [-0.05, 0) is 13.8 Å². The molecule has 74 valence electrons. The number of carbonyl (C=O) groups excluding carboxylic acids is 2. The minimum absolute atomic E-state index is 0.0692. The second-order valence-electron chi connectivity index (χ2n) is 2.99. The lowest BCUT2D eigenvalue weighted by Crippen LogP contribution is -2.35. The molecular formula is C9H16N2O2. The monoisotopic (exact) mass is 184 g/mol. The normalized spacial score (nSPS) is 9.46. The fraction of sp³-hybridized carbons (Fsp3) is 0.556. The molecule has 0 aromatic rings. The van der Waals surface area contributed by atoms with Crippen LogP contribution in [-0.4, -0.2) is 24.4 Å². The third kappa shape index (κ3) is 7.05. The van der Waals surface area contributed by atoms with Crippen molar-refractivity contribution in [2.24, 2.45) is 0 Å². The number of amides is 2. The zero-order valence-electron chi connectivity index (χ0n) is 8.09. The van der Waals surface area contributed by atoms with Gasteiger partial charge in [-0.2, -0.15) is 0 Å². The Morgan fingerprint density at radius 3 is 2.46 bits per heavy atom. The van der Waals surface area contributed by atoms with Crippen molar-refractivity contribution in [1.29, 1.82) is 0 Å². The summed E-state index contributed by atoms with van der Waals surface area (Å²) in [6.07, 6.45) is 1.45. The van der Waals surface area contributed by atoms with Gasteiger partial charge in [0.25, 0.3) is 0 Å². The van der Waals surface area contributed by atoms with Gasteiger partial charge < -0.3 is 10.6 Å². The van der Waals surface area contributed by atoms with E-state index in [0.717, 1.165) is 0 Å². The zero-order valence-corrected chi connectivity index (χ0v) is 8.09. The summed E-state index contributed by atoms with van der Waals surface area (Å²) >= 11 is 0. The van der Waals surface area contributed by atoms with Gasteiger partial charge in [-0.25, -0.2) is 0 Å². The minimum Gasteiger partial charge on any atom is -0.353 e. The molecule has 0 aromatic carbocycles. The highest BCUT2D eigenvalue weighted by atomic mass is 16.2. The molecule has 0 fully saturated rings. The number of rotatable bonds is 5. The van der Waals surface area contributed by atoms with Crippen molar-refractivity contribution in [2.45, 2.75) is 26.3 Å². The summed E-state index contributed by atoms with van der Waals surface area (Å²) in [5.74, 6) is -0.533.